The molecule has 8 heteroatoms. The van der Waals surface area contributed by atoms with Gasteiger partial charge in [0.1, 0.15) is 11.6 Å². The standard InChI is InChI=1S/C20H19FN4O3/c1-12-23-18(25-28-12)11-27-17-5-3-2-4-15(17)20(26)24-16-7-6-13-10-22-9-8-14(13)19(16)21/h2-7,22H,8-11H2,1H3,(H,24,26). The van der Waals surface area contributed by atoms with Crippen molar-refractivity contribution < 1.29 is 18.4 Å². The van der Waals surface area contributed by atoms with E-state index in [9.17, 15) is 9.18 Å². The molecule has 0 saturated carbocycles. The summed E-state index contributed by atoms with van der Waals surface area (Å²) in [6, 6.07) is 10.2. The monoisotopic (exact) mass is 382 g/mol. The number of anilines is 1. The van der Waals surface area contributed by atoms with Crippen LogP contribution in [-0.2, 0) is 19.6 Å². The first kappa shape index (κ1) is 18.1. The predicted octanol–water partition coefficient (Wildman–Crippen LogP) is 2.99. The first-order chi connectivity index (χ1) is 13.6. The second-order valence-corrected chi connectivity index (χ2v) is 6.46. The molecule has 2 N–H and O–H groups in total. The Morgan fingerprint density at radius 3 is 3.00 bits per heavy atom. The van der Waals surface area contributed by atoms with Crippen LogP contribution in [0.1, 0.15) is 33.2 Å². The van der Waals surface area contributed by atoms with Gasteiger partial charge in [-0.1, -0.05) is 23.4 Å². The zero-order chi connectivity index (χ0) is 19.5. The van der Waals surface area contributed by atoms with Crippen molar-refractivity contribution in [2.45, 2.75) is 26.5 Å². The molecule has 0 fully saturated rings. The van der Waals surface area contributed by atoms with E-state index in [1.807, 2.05) is 6.07 Å². The smallest absolute Gasteiger partial charge is 0.259 e. The summed E-state index contributed by atoms with van der Waals surface area (Å²) in [6.07, 6.45) is 0.592. The maximum absolute atomic E-state index is 14.8. The van der Waals surface area contributed by atoms with Gasteiger partial charge < -0.3 is 19.9 Å². The summed E-state index contributed by atoms with van der Waals surface area (Å²) in [6.45, 7) is 3.09. The minimum atomic E-state index is -0.451. The van der Waals surface area contributed by atoms with E-state index in [2.05, 4.69) is 20.8 Å². The number of rotatable bonds is 5. The molecule has 0 saturated heterocycles. The van der Waals surface area contributed by atoms with Crippen LogP contribution in [0.4, 0.5) is 10.1 Å². The van der Waals surface area contributed by atoms with Gasteiger partial charge in [-0.25, -0.2) is 4.39 Å². The Bertz CT molecular complexity index is 1020. The number of carbonyl (C=O) groups excluding carboxylic acids is 1. The Balaban J connectivity index is 1.52. The van der Waals surface area contributed by atoms with Crippen molar-refractivity contribution >= 4 is 11.6 Å². The van der Waals surface area contributed by atoms with Crippen molar-refractivity contribution in [1.29, 1.82) is 0 Å². The Kier molecular flexibility index (Phi) is 5.03. The van der Waals surface area contributed by atoms with Crippen molar-refractivity contribution in [2.24, 2.45) is 0 Å². The summed E-state index contributed by atoms with van der Waals surface area (Å²) in [5.41, 5.74) is 2.02. The number of fused-ring (bicyclic) bond motifs is 1. The maximum Gasteiger partial charge on any atom is 0.259 e. The summed E-state index contributed by atoms with van der Waals surface area (Å²) >= 11 is 0. The highest BCUT2D eigenvalue weighted by Gasteiger charge is 2.19. The van der Waals surface area contributed by atoms with Crippen LogP contribution >= 0.6 is 0 Å². The average Bonchev–Trinajstić information content (AvgIpc) is 3.14. The molecule has 0 aliphatic carbocycles. The van der Waals surface area contributed by atoms with Crippen LogP contribution in [0.5, 0.6) is 5.75 Å². The van der Waals surface area contributed by atoms with E-state index in [-0.39, 0.29) is 18.1 Å². The molecular weight excluding hydrogens is 363 g/mol. The van der Waals surface area contributed by atoms with E-state index in [0.717, 1.165) is 5.56 Å². The molecule has 3 aromatic rings. The van der Waals surface area contributed by atoms with E-state index in [0.29, 0.717) is 48.1 Å². The molecular formula is C20H19FN4O3. The lowest BCUT2D eigenvalue weighted by Gasteiger charge is -2.19. The van der Waals surface area contributed by atoms with Gasteiger partial charge in [-0.3, -0.25) is 4.79 Å². The van der Waals surface area contributed by atoms with E-state index in [1.165, 1.54) is 0 Å². The number of aryl methyl sites for hydroxylation is 1. The van der Waals surface area contributed by atoms with Gasteiger partial charge in [-0.2, -0.15) is 4.98 Å². The number of benzene rings is 2. The van der Waals surface area contributed by atoms with Crippen molar-refractivity contribution in [3.8, 4) is 5.75 Å². The summed E-state index contributed by atoms with van der Waals surface area (Å²) in [4.78, 5) is 16.8. The average molecular weight is 382 g/mol. The fourth-order valence-corrected chi connectivity index (χ4v) is 3.14. The van der Waals surface area contributed by atoms with Crippen molar-refractivity contribution in [2.75, 3.05) is 11.9 Å². The lowest BCUT2D eigenvalue weighted by Crippen LogP contribution is -2.25. The summed E-state index contributed by atoms with van der Waals surface area (Å²) < 4.78 is 25.4. The second kappa shape index (κ2) is 7.77. The minimum absolute atomic E-state index is 0.0574. The van der Waals surface area contributed by atoms with Gasteiger partial charge in [0.2, 0.25) is 11.7 Å². The van der Waals surface area contributed by atoms with Crippen LogP contribution in [0.3, 0.4) is 0 Å². The summed E-state index contributed by atoms with van der Waals surface area (Å²) in [7, 11) is 0. The fraction of sp³-hybridized carbons (Fsp3) is 0.250. The Morgan fingerprint density at radius 2 is 2.18 bits per heavy atom. The van der Waals surface area contributed by atoms with Crippen LogP contribution in [0.25, 0.3) is 0 Å². The molecule has 0 unspecified atom stereocenters. The van der Waals surface area contributed by atoms with E-state index >= 15 is 0 Å². The molecule has 1 aliphatic rings. The number of hydrogen-bond donors (Lipinski definition) is 2. The zero-order valence-corrected chi connectivity index (χ0v) is 15.3. The van der Waals surface area contributed by atoms with E-state index < -0.39 is 5.91 Å². The molecule has 1 aliphatic heterocycles. The maximum atomic E-state index is 14.8. The van der Waals surface area contributed by atoms with Crippen LogP contribution in [0.2, 0.25) is 0 Å². The fourth-order valence-electron chi connectivity index (χ4n) is 3.14. The molecule has 2 heterocycles. The number of nitrogens with one attached hydrogen (secondary N) is 2. The lowest BCUT2D eigenvalue weighted by atomic mass is 9.99. The number of para-hydroxylation sites is 1. The van der Waals surface area contributed by atoms with Crippen molar-refractivity contribution in [3.63, 3.8) is 0 Å². The highest BCUT2D eigenvalue weighted by molar-refractivity contribution is 6.06. The Hall–Kier alpha value is -3.26. The highest BCUT2D eigenvalue weighted by atomic mass is 19.1. The van der Waals surface area contributed by atoms with Crippen molar-refractivity contribution in [1.82, 2.24) is 15.5 Å². The number of hydrogen-bond acceptors (Lipinski definition) is 6. The number of carbonyl (C=O) groups is 1. The number of aromatic nitrogens is 2. The van der Waals surface area contributed by atoms with Gasteiger partial charge in [0.05, 0.1) is 11.3 Å². The molecule has 2 aromatic carbocycles. The quantitative estimate of drug-likeness (QED) is 0.705. The molecule has 144 valence electrons. The van der Waals surface area contributed by atoms with Gasteiger partial charge in [-0.05, 0) is 42.3 Å². The van der Waals surface area contributed by atoms with Crippen LogP contribution in [0.15, 0.2) is 40.9 Å². The third-order valence-corrected chi connectivity index (χ3v) is 4.51. The third kappa shape index (κ3) is 3.72. The molecule has 1 aromatic heterocycles. The van der Waals surface area contributed by atoms with Gasteiger partial charge in [0, 0.05) is 13.5 Å². The highest BCUT2D eigenvalue weighted by Crippen LogP contribution is 2.26. The number of halogens is 1. The van der Waals surface area contributed by atoms with Crippen molar-refractivity contribution in [3.05, 3.63) is 70.6 Å². The third-order valence-electron chi connectivity index (χ3n) is 4.51. The normalized spacial score (nSPS) is 13.1. The predicted molar refractivity (Wildman–Crippen MR) is 99.6 cm³/mol. The Morgan fingerprint density at radius 1 is 1.32 bits per heavy atom. The van der Waals surface area contributed by atoms with Gasteiger partial charge in [0.25, 0.3) is 5.91 Å². The van der Waals surface area contributed by atoms with E-state index in [4.69, 9.17) is 9.26 Å². The molecule has 4 rings (SSSR count). The number of ether oxygens (including phenoxy) is 1. The number of nitrogens with zero attached hydrogens (tertiary/aromatic N) is 2. The van der Waals surface area contributed by atoms with Gasteiger partial charge in [-0.15, -0.1) is 0 Å². The van der Waals surface area contributed by atoms with Crippen LogP contribution in [0, 0.1) is 12.7 Å². The number of amides is 1. The molecule has 0 spiro atoms. The first-order valence-electron chi connectivity index (χ1n) is 8.95. The zero-order valence-electron chi connectivity index (χ0n) is 15.3. The first-order valence-corrected chi connectivity index (χ1v) is 8.95. The molecule has 0 atom stereocenters. The molecule has 28 heavy (non-hydrogen) atoms. The topological polar surface area (TPSA) is 89.3 Å². The summed E-state index contributed by atoms with van der Waals surface area (Å²) in [5.74, 6) is 0.329. The molecule has 0 bridgehead atoms. The SMILES string of the molecule is Cc1nc(COc2ccccc2C(=O)Nc2ccc3c(c2F)CCNC3)no1. The minimum Gasteiger partial charge on any atom is -0.485 e. The molecule has 7 nitrogen and oxygen atoms in total. The molecule has 1 amide bonds. The molecule has 0 radical (unpaired) electrons. The van der Waals surface area contributed by atoms with Gasteiger partial charge >= 0.3 is 0 Å². The lowest BCUT2D eigenvalue weighted by molar-refractivity contribution is 0.102. The van der Waals surface area contributed by atoms with Crippen LogP contribution < -0.4 is 15.4 Å². The Labute approximate surface area is 160 Å². The van der Waals surface area contributed by atoms with Crippen LogP contribution in [-0.4, -0.2) is 22.6 Å². The largest absolute Gasteiger partial charge is 0.485 e. The summed E-state index contributed by atoms with van der Waals surface area (Å²) in [5, 5.41) is 9.62. The van der Waals surface area contributed by atoms with E-state index in [1.54, 1.807) is 37.3 Å². The second-order valence-electron chi connectivity index (χ2n) is 6.46. The van der Waals surface area contributed by atoms with Gasteiger partial charge in [0.15, 0.2) is 6.61 Å².